The Bertz CT molecular complexity index is 1030. The molecule has 2 N–H and O–H groups in total. The molecule has 29 heavy (non-hydrogen) atoms. The number of fused-ring (bicyclic) bond motifs is 1. The van der Waals surface area contributed by atoms with Crippen LogP contribution in [0.15, 0.2) is 30.7 Å². The summed E-state index contributed by atoms with van der Waals surface area (Å²) in [6.07, 6.45) is 6.94. The first kappa shape index (κ1) is 18.8. The highest BCUT2D eigenvalue weighted by Crippen LogP contribution is 2.31. The molecule has 0 bridgehead atoms. The first-order chi connectivity index (χ1) is 14.1. The van der Waals surface area contributed by atoms with Crippen molar-refractivity contribution in [3.8, 4) is 11.4 Å². The normalized spacial score (nSPS) is 23.2. The lowest BCUT2D eigenvalue weighted by Crippen LogP contribution is -2.44. The Morgan fingerprint density at radius 1 is 1.07 bits per heavy atom. The van der Waals surface area contributed by atoms with Gasteiger partial charge in [-0.25, -0.2) is 15.0 Å². The second kappa shape index (κ2) is 7.55. The van der Waals surface area contributed by atoms with Crippen LogP contribution in [0.25, 0.3) is 17.0 Å². The highest BCUT2D eigenvalue weighted by molar-refractivity contribution is 6.30. The fourth-order valence-corrected chi connectivity index (χ4v) is 4.85. The lowest BCUT2D eigenvalue weighted by Gasteiger charge is -2.38. The summed E-state index contributed by atoms with van der Waals surface area (Å²) in [5.74, 6) is 2.73. The highest BCUT2D eigenvalue weighted by Gasteiger charge is 2.33. The van der Waals surface area contributed by atoms with Crippen molar-refractivity contribution in [3.63, 3.8) is 0 Å². The number of anilines is 1. The Morgan fingerprint density at radius 3 is 2.72 bits per heavy atom. The van der Waals surface area contributed by atoms with Crippen LogP contribution >= 0.6 is 11.6 Å². The lowest BCUT2D eigenvalue weighted by atomic mass is 9.82. The van der Waals surface area contributed by atoms with Gasteiger partial charge in [-0.2, -0.15) is 0 Å². The third-order valence-corrected chi connectivity index (χ3v) is 6.39. The van der Waals surface area contributed by atoms with E-state index in [4.69, 9.17) is 21.6 Å². The molecular formula is C21H26ClN7. The Balaban J connectivity index is 1.49. The van der Waals surface area contributed by atoms with Gasteiger partial charge in [0, 0.05) is 38.6 Å². The number of hydrogen-bond donors (Lipinski definition) is 2. The minimum absolute atomic E-state index is 0.623. The standard InChI is InChI=1S/C21H26ClN7/c1-13-5-15(16-7-25-26-8-16)11-28(10-13)21-24-6-14(2)20(27-21)18-9-23-19-4-3-17(22)12-29(18)19/h3-4,6,9,12-13,15-16,25-26H,5,7-8,10-11H2,1-2H3/t13-,15-/m1/s1. The molecule has 0 spiro atoms. The van der Waals surface area contributed by atoms with E-state index in [-0.39, 0.29) is 0 Å². The maximum atomic E-state index is 6.22. The zero-order valence-corrected chi connectivity index (χ0v) is 17.5. The molecule has 0 amide bonds. The first-order valence-corrected chi connectivity index (χ1v) is 10.6. The van der Waals surface area contributed by atoms with Crippen LogP contribution in [-0.4, -0.2) is 45.5 Å². The van der Waals surface area contributed by atoms with Crippen LogP contribution in [0.1, 0.15) is 18.9 Å². The van der Waals surface area contributed by atoms with E-state index in [1.54, 1.807) is 0 Å². The molecule has 0 unspecified atom stereocenters. The molecule has 0 aliphatic carbocycles. The SMILES string of the molecule is Cc1cnc(N2C[C@H](C)C[C@@H](C3CNNC3)C2)nc1-c1cnc2ccc(Cl)cn12. The van der Waals surface area contributed by atoms with E-state index in [1.165, 1.54) is 6.42 Å². The van der Waals surface area contributed by atoms with E-state index >= 15 is 0 Å². The molecule has 5 heterocycles. The molecule has 0 aromatic carbocycles. The van der Waals surface area contributed by atoms with Gasteiger partial charge in [0.15, 0.2) is 0 Å². The van der Waals surface area contributed by atoms with Gasteiger partial charge in [-0.15, -0.1) is 0 Å². The summed E-state index contributed by atoms with van der Waals surface area (Å²) in [6, 6.07) is 3.78. The molecule has 7 nitrogen and oxygen atoms in total. The van der Waals surface area contributed by atoms with Gasteiger partial charge >= 0.3 is 0 Å². The molecule has 0 radical (unpaired) electrons. The zero-order chi connectivity index (χ0) is 20.0. The van der Waals surface area contributed by atoms with Crippen LogP contribution in [0.5, 0.6) is 0 Å². The Hall–Kier alpha value is -2.22. The molecule has 3 aromatic rings. The first-order valence-electron chi connectivity index (χ1n) is 10.3. The molecule has 0 saturated carbocycles. The average Bonchev–Trinajstić information content (AvgIpc) is 3.38. The van der Waals surface area contributed by atoms with Crippen molar-refractivity contribution < 1.29 is 0 Å². The fraction of sp³-hybridized carbons (Fsp3) is 0.476. The number of aryl methyl sites for hydroxylation is 1. The number of pyridine rings is 1. The molecule has 2 saturated heterocycles. The second-order valence-electron chi connectivity index (χ2n) is 8.45. The number of halogens is 1. The van der Waals surface area contributed by atoms with Gasteiger partial charge in [0.1, 0.15) is 5.65 Å². The Labute approximate surface area is 175 Å². The number of nitrogens with zero attached hydrogens (tertiary/aromatic N) is 5. The number of nitrogens with one attached hydrogen (secondary N) is 2. The maximum absolute atomic E-state index is 6.22. The molecule has 2 atom stereocenters. The molecule has 8 heteroatoms. The predicted octanol–water partition coefficient (Wildman–Crippen LogP) is 2.94. The molecule has 3 aromatic heterocycles. The van der Waals surface area contributed by atoms with Gasteiger partial charge in [0.25, 0.3) is 0 Å². The summed E-state index contributed by atoms with van der Waals surface area (Å²) in [5, 5.41) is 0.676. The second-order valence-corrected chi connectivity index (χ2v) is 8.88. The van der Waals surface area contributed by atoms with Gasteiger partial charge in [0.05, 0.1) is 22.6 Å². The largest absolute Gasteiger partial charge is 0.340 e. The molecule has 5 rings (SSSR count). The van der Waals surface area contributed by atoms with Gasteiger partial charge in [0.2, 0.25) is 5.95 Å². The van der Waals surface area contributed by atoms with Crippen molar-refractivity contribution in [2.75, 3.05) is 31.1 Å². The van der Waals surface area contributed by atoms with Crippen molar-refractivity contribution in [1.29, 1.82) is 0 Å². The Kier molecular flexibility index (Phi) is 4.89. The quantitative estimate of drug-likeness (QED) is 0.690. The van der Waals surface area contributed by atoms with Crippen LogP contribution < -0.4 is 15.8 Å². The number of piperidine rings is 1. The zero-order valence-electron chi connectivity index (χ0n) is 16.8. The summed E-state index contributed by atoms with van der Waals surface area (Å²) in [7, 11) is 0. The molecular weight excluding hydrogens is 386 g/mol. The maximum Gasteiger partial charge on any atom is 0.225 e. The van der Waals surface area contributed by atoms with E-state index in [9.17, 15) is 0 Å². The monoisotopic (exact) mass is 411 g/mol. The van der Waals surface area contributed by atoms with Crippen LogP contribution in [0.3, 0.4) is 0 Å². The topological polar surface area (TPSA) is 70.4 Å². The predicted molar refractivity (Wildman–Crippen MR) is 115 cm³/mol. The lowest BCUT2D eigenvalue weighted by molar-refractivity contribution is 0.262. The summed E-state index contributed by atoms with van der Waals surface area (Å²) >= 11 is 6.22. The van der Waals surface area contributed by atoms with Crippen LogP contribution in [-0.2, 0) is 0 Å². The van der Waals surface area contributed by atoms with Gasteiger partial charge in [-0.3, -0.25) is 15.3 Å². The van der Waals surface area contributed by atoms with Gasteiger partial charge < -0.3 is 4.90 Å². The van der Waals surface area contributed by atoms with Crippen molar-refractivity contribution in [3.05, 3.63) is 41.3 Å². The fourth-order valence-electron chi connectivity index (χ4n) is 4.69. The third kappa shape index (κ3) is 3.58. The van der Waals surface area contributed by atoms with E-state index < -0.39 is 0 Å². The van der Waals surface area contributed by atoms with Crippen molar-refractivity contribution >= 4 is 23.2 Å². The van der Waals surface area contributed by atoms with Crippen LogP contribution in [0.4, 0.5) is 5.95 Å². The van der Waals surface area contributed by atoms with Crippen LogP contribution in [0.2, 0.25) is 5.02 Å². The van der Waals surface area contributed by atoms with E-state index in [1.807, 2.05) is 42.0 Å². The smallest absolute Gasteiger partial charge is 0.225 e. The summed E-state index contributed by atoms with van der Waals surface area (Å²) in [5.41, 5.74) is 10.3. The molecule has 2 aliphatic heterocycles. The molecule has 152 valence electrons. The van der Waals surface area contributed by atoms with Crippen molar-refractivity contribution in [2.45, 2.75) is 20.3 Å². The number of imidazole rings is 1. The molecule has 2 fully saturated rings. The van der Waals surface area contributed by atoms with E-state index in [0.29, 0.717) is 22.8 Å². The van der Waals surface area contributed by atoms with E-state index in [2.05, 4.69) is 27.7 Å². The number of hydrazine groups is 1. The summed E-state index contributed by atoms with van der Waals surface area (Å²) in [6.45, 7) is 8.43. The minimum Gasteiger partial charge on any atom is -0.340 e. The van der Waals surface area contributed by atoms with Gasteiger partial charge in [-0.1, -0.05) is 18.5 Å². The third-order valence-electron chi connectivity index (χ3n) is 6.17. The average molecular weight is 412 g/mol. The minimum atomic E-state index is 0.623. The molecule has 2 aliphatic rings. The number of rotatable bonds is 3. The highest BCUT2D eigenvalue weighted by atomic mass is 35.5. The van der Waals surface area contributed by atoms with Crippen LogP contribution in [0, 0.1) is 24.7 Å². The van der Waals surface area contributed by atoms with Crippen molar-refractivity contribution in [1.82, 2.24) is 30.2 Å². The Morgan fingerprint density at radius 2 is 1.90 bits per heavy atom. The van der Waals surface area contributed by atoms with E-state index in [0.717, 1.165) is 54.7 Å². The number of hydrogen-bond acceptors (Lipinski definition) is 6. The summed E-state index contributed by atoms with van der Waals surface area (Å²) in [4.78, 5) is 16.6. The summed E-state index contributed by atoms with van der Waals surface area (Å²) < 4.78 is 2.00. The van der Waals surface area contributed by atoms with Crippen molar-refractivity contribution in [2.24, 2.45) is 17.8 Å². The number of aromatic nitrogens is 4. The van der Waals surface area contributed by atoms with Gasteiger partial charge in [-0.05, 0) is 48.8 Å².